The van der Waals surface area contributed by atoms with Crippen LogP contribution in [-0.4, -0.2) is 0 Å². The van der Waals surface area contributed by atoms with E-state index in [9.17, 15) is 0 Å². The summed E-state index contributed by atoms with van der Waals surface area (Å²) in [5.41, 5.74) is 6.26. The highest BCUT2D eigenvalue weighted by Gasteiger charge is 2.29. The van der Waals surface area contributed by atoms with Crippen molar-refractivity contribution in [3.05, 3.63) is 84.1 Å². The molecule has 0 spiro atoms. The first-order valence-corrected chi connectivity index (χ1v) is 6.75. The first kappa shape index (κ1) is 15.2. The second-order valence-corrected chi connectivity index (χ2v) is 4.76. The fourth-order valence-electron chi connectivity index (χ4n) is 2.72. The maximum Gasteiger partial charge on any atom is 0.0138 e. The molecule has 0 radical (unpaired) electrons. The lowest BCUT2D eigenvalue weighted by Crippen LogP contribution is -2.03. The van der Waals surface area contributed by atoms with Crippen LogP contribution in [0.2, 0.25) is 0 Å². The minimum absolute atomic E-state index is 0.338. The van der Waals surface area contributed by atoms with Crippen LogP contribution in [0, 0.1) is 5.92 Å². The van der Waals surface area contributed by atoms with E-state index in [0.717, 1.165) is 12.0 Å². The van der Waals surface area contributed by atoms with Crippen LogP contribution in [0.25, 0.3) is 0 Å². The Kier molecular flexibility index (Phi) is 5.57. The van der Waals surface area contributed by atoms with E-state index in [1.165, 1.54) is 22.3 Å². The zero-order valence-electron chi connectivity index (χ0n) is 12.4. The molecule has 0 aromatic carbocycles. The van der Waals surface area contributed by atoms with Gasteiger partial charge in [0.1, 0.15) is 0 Å². The van der Waals surface area contributed by atoms with Gasteiger partial charge >= 0.3 is 0 Å². The van der Waals surface area contributed by atoms with Crippen molar-refractivity contribution in [1.29, 1.82) is 0 Å². The third-order valence-electron chi connectivity index (χ3n) is 3.36. The van der Waals surface area contributed by atoms with Gasteiger partial charge in [0, 0.05) is 5.92 Å². The van der Waals surface area contributed by atoms with Gasteiger partial charge in [-0.15, -0.1) is 6.58 Å². The smallest absolute Gasteiger partial charge is 0.0138 e. The van der Waals surface area contributed by atoms with E-state index < -0.39 is 0 Å². The Morgan fingerprint density at radius 3 is 2.11 bits per heavy atom. The molecule has 0 saturated carbocycles. The summed E-state index contributed by atoms with van der Waals surface area (Å²) in [4.78, 5) is 0. The molecule has 0 aromatic heterocycles. The quantitative estimate of drug-likeness (QED) is 0.532. The Hall–Kier alpha value is -1.82. The third kappa shape index (κ3) is 2.96. The Labute approximate surface area is 117 Å². The normalized spacial score (nSPS) is 19.8. The lowest BCUT2D eigenvalue weighted by molar-refractivity contribution is 0.764. The van der Waals surface area contributed by atoms with E-state index in [4.69, 9.17) is 0 Å². The number of hydrogen-bond donors (Lipinski definition) is 0. The molecule has 1 aliphatic carbocycles. The summed E-state index contributed by atoms with van der Waals surface area (Å²) in [5, 5.41) is 0. The largest absolute Gasteiger partial charge is 0.103 e. The van der Waals surface area contributed by atoms with Gasteiger partial charge in [-0.2, -0.15) is 0 Å². The molecule has 0 heterocycles. The van der Waals surface area contributed by atoms with Gasteiger partial charge in [-0.1, -0.05) is 55.2 Å². The molecule has 0 aromatic rings. The van der Waals surface area contributed by atoms with Gasteiger partial charge in [-0.25, -0.2) is 0 Å². The molecule has 0 heteroatoms. The van der Waals surface area contributed by atoms with E-state index in [1.807, 2.05) is 26.0 Å². The monoisotopic (exact) mass is 252 g/mol. The molecule has 1 rings (SSSR count). The molecule has 0 fully saturated rings. The molecule has 0 aliphatic heterocycles. The van der Waals surface area contributed by atoms with Crippen molar-refractivity contribution in [1.82, 2.24) is 0 Å². The van der Waals surface area contributed by atoms with E-state index in [0.29, 0.717) is 5.92 Å². The van der Waals surface area contributed by atoms with Crippen molar-refractivity contribution in [3.8, 4) is 0 Å². The maximum absolute atomic E-state index is 4.15. The fraction of sp³-hybridized carbons (Fsp3) is 0.263. The van der Waals surface area contributed by atoms with Crippen LogP contribution in [0.1, 0.15) is 27.2 Å². The lowest BCUT2D eigenvalue weighted by atomic mass is 9.88. The van der Waals surface area contributed by atoms with Gasteiger partial charge in [0.15, 0.2) is 0 Å². The molecule has 100 valence electrons. The minimum Gasteiger partial charge on any atom is -0.103 e. The van der Waals surface area contributed by atoms with Crippen LogP contribution in [0.4, 0.5) is 0 Å². The SMILES string of the molecule is C=CCC1C(C=C)=C(/C=C\C)C(/C=C\C)=C1C(=C)C. The van der Waals surface area contributed by atoms with Crippen molar-refractivity contribution in [2.45, 2.75) is 27.2 Å². The summed E-state index contributed by atoms with van der Waals surface area (Å²) in [5.74, 6) is 0.338. The van der Waals surface area contributed by atoms with Crippen LogP contribution in [0.5, 0.6) is 0 Å². The van der Waals surface area contributed by atoms with Gasteiger partial charge in [0.2, 0.25) is 0 Å². The van der Waals surface area contributed by atoms with E-state index >= 15 is 0 Å². The zero-order chi connectivity index (χ0) is 14.4. The maximum atomic E-state index is 4.15. The van der Waals surface area contributed by atoms with E-state index in [1.54, 1.807) is 0 Å². The molecule has 0 nitrogen and oxygen atoms in total. The van der Waals surface area contributed by atoms with E-state index in [-0.39, 0.29) is 0 Å². The average Bonchev–Trinajstić information content (AvgIpc) is 2.65. The van der Waals surface area contributed by atoms with Crippen LogP contribution in [-0.2, 0) is 0 Å². The first-order valence-electron chi connectivity index (χ1n) is 6.75. The molecule has 0 amide bonds. The molecular weight excluding hydrogens is 228 g/mol. The summed E-state index contributed by atoms with van der Waals surface area (Å²) in [6, 6.07) is 0. The molecule has 1 unspecified atom stereocenters. The minimum atomic E-state index is 0.338. The highest BCUT2D eigenvalue weighted by Crippen LogP contribution is 2.44. The van der Waals surface area contributed by atoms with Crippen LogP contribution in [0.15, 0.2) is 84.1 Å². The van der Waals surface area contributed by atoms with Gasteiger partial charge in [-0.3, -0.25) is 0 Å². The summed E-state index contributed by atoms with van der Waals surface area (Å²) in [6.45, 7) is 18.2. The van der Waals surface area contributed by atoms with Crippen LogP contribution < -0.4 is 0 Å². The van der Waals surface area contributed by atoms with Gasteiger partial charge in [0.25, 0.3) is 0 Å². The summed E-state index contributed by atoms with van der Waals surface area (Å²) >= 11 is 0. The van der Waals surface area contributed by atoms with Gasteiger partial charge in [-0.05, 0) is 49.5 Å². The third-order valence-corrected chi connectivity index (χ3v) is 3.36. The second-order valence-electron chi connectivity index (χ2n) is 4.76. The molecule has 19 heavy (non-hydrogen) atoms. The van der Waals surface area contributed by atoms with Crippen molar-refractivity contribution in [2.24, 2.45) is 5.92 Å². The van der Waals surface area contributed by atoms with Crippen LogP contribution in [0.3, 0.4) is 0 Å². The summed E-state index contributed by atoms with van der Waals surface area (Å²) in [6.07, 6.45) is 13.4. The van der Waals surface area contributed by atoms with Crippen molar-refractivity contribution >= 4 is 0 Å². The highest BCUT2D eigenvalue weighted by molar-refractivity contribution is 5.65. The summed E-state index contributed by atoms with van der Waals surface area (Å²) < 4.78 is 0. The number of allylic oxidation sites excluding steroid dienone is 11. The lowest BCUT2D eigenvalue weighted by Gasteiger charge is -2.16. The Morgan fingerprint density at radius 2 is 1.68 bits per heavy atom. The Bertz CT molecular complexity index is 504. The average molecular weight is 252 g/mol. The summed E-state index contributed by atoms with van der Waals surface area (Å²) in [7, 11) is 0. The molecule has 0 N–H and O–H groups in total. The van der Waals surface area contributed by atoms with Crippen LogP contribution >= 0.6 is 0 Å². The zero-order valence-corrected chi connectivity index (χ0v) is 12.4. The predicted octanol–water partition coefficient (Wildman–Crippen LogP) is 5.70. The number of hydrogen-bond acceptors (Lipinski definition) is 0. The highest BCUT2D eigenvalue weighted by atomic mass is 14.3. The second kappa shape index (κ2) is 6.94. The molecule has 1 atom stereocenters. The van der Waals surface area contributed by atoms with Crippen molar-refractivity contribution in [2.75, 3.05) is 0 Å². The van der Waals surface area contributed by atoms with E-state index in [2.05, 4.69) is 51.0 Å². The van der Waals surface area contributed by atoms with Gasteiger partial charge < -0.3 is 0 Å². The molecule has 0 saturated heterocycles. The predicted molar refractivity (Wildman–Crippen MR) is 87.0 cm³/mol. The van der Waals surface area contributed by atoms with Gasteiger partial charge in [0.05, 0.1) is 0 Å². The Balaban J connectivity index is 3.56. The molecular formula is C19H24. The van der Waals surface area contributed by atoms with Crippen molar-refractivity contribution in [3.63, 3.8) is 0 Å². The fourth-order valence-corrected chi connectivity index (χ4v) is 2.72. The topological polar surface area (TPSA) is 0 Å². The standard InChI is InChI=1S/C19H24/c1-7-11-16-15(10-4)17(12-8-2)19(14(5)6)18(16)13-9-3/h7-11,13,17H,2,4-5,12H2,1,3,6H3/b11-7-,13-9-. The number of rotatable bonds is 6. The Morgan fingerprint density at radius 1 is 1.11 bits per heavy atom. The first-order chi connectivity index (χ1) is 9.12. The molecule has 1 aliphatic rings. The van der Waals surface area contributed by atoms with Crippen molar-refractivity contribution < 1.29 is 0 Å². The molecule has 0 bridgehead atoms.